The van der Waals surface area contributed by atoms with Gasteiger partial charge >= 0.3 is 18.0 Å². The van der Waals surface area contributed by atoms with Crippen molar-refractivity contribution < 1.29 is 31.5 Å². The van der Waals surface area contributed by atoms with Crippen LogP contribution in [0.25, 0.3) is 0 Å². The minimum absolute atomic E-state index is 0.0528. The molecule has 0 aromatic heterocycles. The van der Waals surface area contributed by atoms with Crippen LogP contribution in [0.2, 0.25) is 0 Å². The van der Waals surface area contributed by atoms with Crippen LogP contribution in [0.1, 0.15) is 20.3 Å². The summed E-state index contributed by atoms with van der Waals surface area (Å²) >= 11 is 2.83. The fourth-order valence-corrected chi connectivity index (χ4v) is 1.49. The molecule has 3 nitrogen and oxygen atoms in total. The molecule has 0 N–H and O–H groups in total. The first-order chi connectivity index (χ1) is 8.45. The van der Waals surface area contributed by atoms with Crippen LogP contribution in [0.3, 0.4) is 0 Å². The van der Waals surface area contributed by atoms with Gasteiger partial charge in [-0.15, -0.1) is 0 Å². The van der Waals surface area contributed by atoms with Crippen molar-refractivity contribution in [3.63, 3.8) is 0 Å². The smallest absolute Gasteiger partial charge is 0.334 e. The summed E-state index contributed by atoms with van der Waals surface area (Å²) in [6, 6.07) is -0.871. The van der Waals surface area contributed by atoms with Gasteiger partial charge in [-0.3, -0.25) is 9.59 Å². The van der Waals surface area contributed by atoms with E-state index in [0.717, 1.165) is 0 Å². The summed E-state index contributed by atoms with van der Waals surface area (Å²) in [5.74, 6) is -8.18. The lowest BCUT2D eigenvalue weighted by atomic mass is 10.2. The van der Waals surface area contributed by atoms with E-state index in [1.807, 2.05) is 0 Å². The third kappa shape index (κ3) is 4.70. The van der Waals surface area contributed by atoms with Gasteiger partial charge in [-0.25, -0.2) is 0 Å². The first-order valence-corrected chi connectivity index (χ1v) is 6.40. The van der Waals surface area contributed by atoms with Crippen LogP contribution >= 0.6 is 15.9 Å². The van der Waals surface area contributed by atoms with Gasteiger partial charge in [0.1, 0.15) is 5.78 Å². The van der Waals surface area contributed by atoms with Gasteiger partial charge in [0.25, 0.3) is 0 Å². The zero-order chi connectivity index (χ0) is 15.4. The van der Waals surface area contributed by atoms with Gasteiger partial charge in [0.05, 0.1) is 5.33 Å². The van der Waals surface area contributed by atoms with Crippen molar-refractivity contribution >= 4 is 27.6 Å². The molecule has 0 atom stereocenters. The second kappa shape index (κ2) is 6.62. The molecule has 0 aromatic rings. The van der Waals surface area contributed by atoms with Gasteiger partial charge in [0.15, 0.2) is 0 Å². The maximum atomic E-state index is 12.9. The SMILES string of the molecule is CC(C)N(CCC(=O)CBr)C(=O)C(F)(F)C(F)(F)F. The molecule has 112 valence electrons. The number of alkyl halides is 6. The third-order valence-electron chi connectivity index (χ3n) is 2.29. The average molecular weight is 354 g/mol. The Morgan fingerprint density at radius 3 is 1.95 bits per heavy atom. The summed E-state index contributed by atoms with van der Waals surface area (Å²) in [5, 5.41) is -0.0528. The Balaban J connectivity index is 5.00. The van der Waals surface area contributed by atoms with E-state index in [-0.39, 0.29) is 11.8 Å². The van der Waals surface area contributed by atoms with Crippen molar-refractivity contribution in [1.29, 1.82) is 0 Å². The molecular weight excluding hydrogens is 341 g/mol. The van der Waals surface area contributed by atoms with Crippen LogP contribution in [-0.4, -0.2) is 46.6 Å². The Morgan fingerprint density at radius 2 is 1.63 bits per heavy atom. The quantitative estimate of drug-likeness (QED) is 0.544. The largest absolute Gasteiger partial charge is 0.463 e. The van der Waals surface area contributed by atoms with E-state index in [4.69, 9.17) is 0 Å². The lowest BCUT2D eigenvalue weighted by molar-refractivity contribution is -0.275. The lowest BCUT2D eigenvalue weighted by Gasteiger charge is -2.30. The van der Waals surface area contributed by atoms with Crippen molar-refractivity contribution in [3.8, 4) is 0 Å². The molecule has 0 aliphatic heterocycles. The molecule has 0 heterocycles. The summed E-state index contributed by atoms with van der Waals surface area (Å²) in [6.07, 6.45) is -6.24. The molecule has 0 radical (unpaired) electrons. The zero-order valence-electron chi connectivity index (χ0n) is 10.2. The number of carbonyl (C=O) groups excluding carboxylic acids is 2. The molecule has 0 aromatic carbocycles. The summed E-state index contributed by atoms with van der Waals surface area (Å²) in [7, 11) is 0. The van der Waals surface area contributed by atoms with Crippen LogP contribution in [0.15, 0.2) is 0 Å². The van der Waals surface area contributed by atoms with Crippen LogP contribution in [0.4, 0.5) is 22.0 Å². The Morgan fingerprint density at radius 1 is 1.16 bits per heavy atom. The predicted molar refractivity (Wildman–Crippen MR) is 61.3 cm³/mol. The molecule has 0 saturated carbocycles. The Labute approximate surface area is 115 Å². The van der Waals surface area contributed by atoms with E-state index < -0.39 is 36.4 Å². The highest BCUT2D eigenvalue weighted by Crippen LogP contribution is 2.37. The highest BCUT2D eigenvalue weighted by atomic mass is 79.9. The van der Waals surface area contributed by atoms with Gasteiger partial charge in [-0.1, -0.05) is 15.9 Å². The summed E-state index contributed by atoms with van der Waals surface area (Å²) in [4.78, 5) is 22.7. The summed E-state index contributed by atoms with van der Waals surface area (Å²) in [6.45, 7) is 2.11. The molecule has 1 amide bonds. The number of hydrogen-bond acceptors (Lipinski definition) is 2. The van der Waals surface area contributed by atoms with Crippen LogP contribution in [0, 0.1) is 0 Å². The molecule has 9 heteroatoms. The van der Waals surface area contributed by atoms with Gasteiger partial charge in [-0.05, 0) is 13.8 Å². The molecule has 0 saturated heterocycles. The van der Waals surface area contributed by atoms with Crippen molar-refractivity contribution in [1.82, 2.24) is 4.90 Å². The van der Waals surface area contributed by atoms with E-state index in [9.17, 15) is 31.5 Å². The number of amides is 1. The van der Waals surface area contributed by atoms with Crippen LogP contribution < -0.4 is 0 Å². The van der Waals surface area contributed by atoms with E-state index in [1.165, 1.54) is 13.8 Å². The number of hydrogen-bond donors (Lipinski definition) is 0. The first-order valence-electron chi connectivity index (χ1n) is 5.28. The lowest BCUT2D eigenvalue weighted by Crippen LogP contribution is -2.54. The Bertz CT molecular complexity index is 343. The average Bonchev–Trinajstić information content (AvgIpc) is 2.26. The topological polar surface area (TPSA) is 37.4 Å². The molecule has 0 bridgehead atoms. The summed E-state index contributed by atoms with van der Waals surface area (Å²) in [5.41, 5.74) is 0. The summed E-state index contributed by atoms with van der Waals surface area (Å²) < 4.78 is 62.2. The molecule has 0 unspecified atom stereocenters. The third-order valence-corrected chi connectivity index (χ3v) is 2.91. The minimum Gasteiger partial charge on any atom is -0.334 e. The van der Waals surface area contributed by atoms with E-state index in [2.05, 4.69) is 15.9 Å². The minimum atomic E-state index is -5.95. The monoisotopic (exact) mass is 353 g/mol. The van der Waals surface area contributed by atoms with Crippen molar-refractivity contribution in [2.45, 2.75) is 38.4 Å². The number of halogens is 6. The normalized spacial score (nSPS) is 12.7. The van der Waals surface area contributed by atoms with Gasteiger partial charge < -0.3 is 4.90 Å². The van der Waals surface area contributed by atoms with E-state index in [0.29, 0.717) is 4.90 Å². The number of carbonyl (C=O) groups is 2. The maximum absolute atomic E-state index is 12.9. The molecule has 0 aliphatic rings. The second-order valence-corrected chi connectivity index (χ2v) is 4.65. The van der Waals surface area contributed by atoms with E-state index in [1.54, 1.807) is 0 Å². The molecule has 0 spiro atoms. The Hall–Kier alpha value is -0.730. The number of nitrogens with zero attached hydrogens (tertiary/aromatic N) is 1. The zero-order valence-corrected chi connectivity index (χ0v) is 11.8. The molecule has 0 aliphatic carbocycles. The standard InChI is InChI=1S/C10H13BrF5NO2/c1-6(2)17(4-3-7(18)5-11)8(19)9(12,13)10(14,15)16/h6H,3-5H2,1-2H3. The maximum Gasteiger partial charge on any atom is 0.463 e. The highest BCUT2D eigenvalue weighted by molar-refractivity contribution is 9.09. The molecule has 19 heavy (non-hydrogen) atoms. The van der Waals surface area contributed by atoms with Crippen molar-refractivity contribution in [2.75, 3.05) is 11.9 Å². The fourth-order valence-electron chi connectivity index (χ4n) is 1.21. The van der Waals surface area contributed by atoms with Gasteiger partial charge in [0.2, 0.25) is 0 Å². The van der Waals surface area contributed by atoms with Gasteiger partial charge in [-0.2, -0.15) is 22.0 Å². The second-order valence-electron chi connectivity index (χ2n) is 4.09. The number of ketones is 1. The van der Waals surface area contributed by atoms with E-state index >= 15 is 0 Å². The van der Waals surface area contributed by atoms with Crippen LogP contribution in [0.5, 0.6) is 0 Å². The fraction of sp³-hybridized carbons (Fsp3) is 0.800. The first kappa shape index (κ1) is 18.3. The number of rotatable bonds is 6. The molecular formula is C10H13BrF5NO2. The number of Topliss-reactive ketones (excluding diaryl/α,β-unsaturated/α-hetero) is 1. The molecule has 0 rings (SSSR count). The van der Waals surface area contributed by atoms with Crippen molar-refractivity contribution in [3.05, 3.63) is 0 Å². The van der Waals surface area contributed by atoms with Crippen molar-refractivity contribution in [2.24, 2.45) is 0 Å². The predicted octanol–water partition coefficient (Wildman–Crippen LogP) is 2.78. The molecule has 0 fully saturated rings. The van der Waals surface area contributed by atoms with Gasteiger partial charge in [0, 0.05) is 19.0 Å². The Kier molecular flexibility index (Phi) is 6.37. The van der Waals surface area contributed by atoms with Crippen LogP contribution in [-0.2, 0) is 9.59 Å². The highest BCUT2D eigenvalue weighted by Gasteiger charge is 2.64.